The summed E-state index contributed by atoms with van der Waals surface area (Å²) in [5, 5.41) is 2.67. The summed E-state index contributed by atoms with van der Waals surface area (Å²) >= 11 is 3.38. The summed E-state index contributed by atoms with van der Waals surface area (Å²) in [4.78, 5) is 40.3. The molecule has 0 aliphatic carbocycles. The number of hydrogen-bond donors (Lipinski definition) is 1. The number of amides is 1. The minimum atomic E-state index is -0.637. The summed E-state index contributed by atoms with van der Waals surface area (Å²) in [5.41, 5.74) is 1.39. The van der Waals surface area contributed by atoms with Gasteiger partial charge in [-0.1, -0.05) is 28.1 Å². The molecule has 1 heterocycles. The molecule has 8 nitrogen and oxygen atoms in total. The minimum Gasteiger partial charge on any atom is -0.465 e. The van der Waals surface area contributed by atoms with E-state index in [1.165, 1.54) is 32.4 Å². The number of aryl methyl sites for hydroxylation is 1. The van der Waals surface area contributed by atoms with Gasteiger partial charge in [0.2, 0.25) is 5.91 Å². The average Bonchev–Trinajstić information content (AvgIpc) is 3.26. The first-order chi connectivity index (χ1) is 14.9. The van der Waals surface area contributed by atoms with Gasteiger partial charge in [0.05, 0.1) is 31.5 Å². The number of halogens is 1. The lowest BCUT2D eigenvalue weighted by Crippen LogP contribution is -2.14. The molecule has 0 aliphatic heterocycles. The summed E-state index contributed by atoms with van der Waals surface area (Å²) < 4.78 is 16.0. The lowest BCUT2D eigenvalue weighted by atomic mass is 10.1. The van der Waals surface area contributed by atoms with Crippen LogP contribution >= 0.6 is 15.9 Å². The minimum absolute atomic E-state index is 0.0936. The first kappa shape index (κ1) is 22.2. The number of benzene rings is 2. The molecule has 31 heavy (non-hydrogen) atoms. The van der Waals surface area contributed by atoms with Gasteiger partial charge in [-0.2, -0.15) is 0 Å². The molecule has 0 atom stereocenters. The summed E-state index contributed by atoms with van der Waals surface area (Å²) in [5.74, 6) is -0.577. The molecule has 0 aliphatic rings. The molecule has 1 aromatic heterocycles. The van der Waals surface area contributed by atoms with Gasteiger partial charge in [-0.15, -0.1) is 0 Å². The lowest BCUT2D eigenvalue weighted by Gasteiger charge is -2.09. The number of ether oxygens (including phenoxy) is 2. The maximum atomic E-state index is 12.4. The van der Waals surface area contributed by atoms with Gasteiger partial charge in [0.1, 0.15) is 0 Å². The summed E-state index contributed by atoms with van der Waals surface area (Å²) in [6, 6.07) is 11.8. The zero-order valence-corrected chi connectivity index (χ0v) is 18.4. The van der Waals surface area contributed by atoms with Crippen LogP contribution in [-0.2, 0) is 20.7 Å². The maximum Gasteiger partial charge on any atom is 0.337 e. The number of rotatable bonds is 7. The number of carbonyl (C=O) groups is 3. The van der Waals surface area contributed by atoms with Crippen molar-refractivity contribution in [2.45, 2.75) is 12.8 Å². The Balaban J connectivity index is 1.66. The molecule has 0 bridgehead atoms. The number of esters is 2. The van der Waals surface area contributed by atoms with Crippen LogP contribution in [0, 0.1) is 0 Å². The second-order valence-corrected chi connectivity index (χ2v) is 7.37. The third-order valence-electron chi connectivity index (χ3n) is 4.31. The molecule has 3 aromatic rings. The molecule has 3 rings (SSSR count). The predicted octanol–water partition coefficient (Wildman–Crippen LogP) is 4.25. The summed E-state index contributed by atoms with van der Waals surface area (Å²) in [7, 11) is 2.45. The van der Waals surface area contributed by atoms with E-state index in [0.717, 1.165) is 10.0 Å². The van der Waals surface area contributed by atoms with Gasteiger partial charge in [-0.3, -0.25) is 4.79 Å². The number of hydrogen-bond acceptors (Lipinski definition) is 7. The van der Waals surface area contributed by atoms with Crippen molar-refractivity contribution in [2.24, 2.45) is 0 Å². The van der Waals surface area contributed by atoms with Crippen molar-refractivity contribution in [2.75, 3.05) is 19.5 Å². The monoisotopic (exact) mass is 486 g/mol. The van der Waals surface area contributed by atoms with Gasteiger partial charge >= 0.3 is 11.9 Å². The van der Waals surface area contributed by atoms with Crippen LogP contribution in [0.25, 0.3) is 11.3 Å². The van der Waals surface area contributed by atoms with E-state index in [0.29, 0.717) is 11.7 Å². The van der Waals surface area contributed by atoms with E-state index in [9.17, 15) is 14.4 Å². The second-order valence-electron chi connectivity index (χ2n) is 6.46. The largest absolute Gasteiger partial charge is 0.465 e. The Kier molecular flexibility index (Phi) is 7.19. The van der Waals surface area contributed by atoms with Crippen LogP contribution in [0.5, 0.6) is 0 Å². The highest BCUT2D eigenvalue weighted by Gasteiger charge is 2.15. The molecular formula is C22H19BrN2O6. The highest BCUT2D eigenvalue weighted by molar-refractivity contribution is 9.10. The molecule has 160 valence electrons. The standard InChI is InChI=1S/C22H19BrN2O6/c1-29-21(27)14-9-15(22(28)30-2)11-17(10-14)25-19(26)7-8-20-24-12-18(31-20)13-3-5-16(23)6-4-13/h3-6,9-12H,7-8H2,1-2H3,(H,25,26). The second kappa shape index (κ2) is 10.0. The van der Waals surface area contributed by atoms with Crippen molar-refractivity contribution in [3.05, 3.63) is 70.2 Å². The van der Waals surface area contributed by atoms with Gasteiger partial charge in [0.25, 0.3) is 0 Å². The first-order valence-electron chi connectivity index (χ1n) is 9.22. The van der Waals surface area contributed by atoms with E-state index in [1.807, 2.05) is 24.3 Å². The number of oxazole rings is 1. The molecule has 9 heteroatoms. The van der Waals surface area contributed by atoms with E-state index in [2.05, 4.69) is 35.7 Å². The SMILES string of the molecule is COC(=O)c1cc(NC(=O)CCc2ncc(-c3ccc(Br)cc3)o2)cc(C(=O)OC)c1. The quantitative estimate of drug-likeness (QED) is 0.497. The number of nitrogens with one attached hydrogen (secondary N) is 1. The molecule has 0 unspecified atom stereocenters. The van der Waals surface area contributed by atoms with Crippen LogP contribution < -0.4 is 5.32 Å². The zero-order chi connectivity index (χ0) is 22.4. The highest BCUT2D eigenvalue weighted by atomic mass is 79.9. The Morgan fingerprint density at radius 1 is 1.00 bits per heavy atom. The van der Waals surface area contributed by atoms with Gasteiger partial charge in [-0.25, -0.2) is 14.6 Å². The Morgan fingerprint density at radius 3 is 2.19 bits per heavy atom. The molecule has 1 N–H and O–H groups in total. The van der Waals surface area contributed by atoms with Crippen LogP contribution in [0.3, 0.4) is 0 Å². The van der Waals surface area contributed by atoms with Crippen LogP contribution in [0.4, 0.5) is 5.69 Å². The highest BCUT2D eigenvalue weighted by Crippen LogP contribution is 2.23. The Labute approximate surface area is 186 Å². The molecule has 0 saturated carbocycles. The third kappa shape index (κ3) is 5.79. The Morgan fingerprint density at radius 2 is 1.61 bits per heavy atom. The Hall–Kier alpha value is -3.46. The van der Waals surface area contributed by atoms with E-state index in [1.54, 1.807) is 6.20 Å². The van der Waals surface area contributed by atoms with Gasteiger partial charge in [0.15, 0.2) is 11.7 Å². The van der Waals surface area contributed by atoms with Crippen molar-refractivity contribution in [3.63, 3.8) is 0 Å². The number of nitrogens with zero attached hydrogens (tertiary/aromatic N) is 1. The molecule has 2 aromatic carbocycles. The van der Waals surface area contributed by atoms with Crippen molar-refractivity contribution in [1.82, 2.24) is 4.98 Å². The average molecular weight is 487 g/mol. The summed E-state index contributed by atoms with van der Waals surface area (Å²) in [6.45, 7) is 0. The first-order valence-corrected chi connectivity index (χ1v) is 10.0. The fourth-order valence-corrected chi connectivity index (χ4v) is 3.05. The predicted molar refractivity (Wildman–Crippen MR) is 116 cm³/mol. The van der Waals surface area contributed by atoms with Gasteiger partial charge in [0, 0.05) is 28.6 Å². The molecule has 0 spiro atoms. The van der Waals surface area contributed by atoms with Gasteiger partial charge in [-0.05, 0) is 30.3 Å². The van der Waals surface area contributed by atoms with Crippen molar-refractivity contribution in [1.29, 1.82) is 0 Å². The molecule has 0 fully saturated rings. The van der Waals surface area contributed by atoms with Crippen LogP contribution in [0.15, 0.2) is 57.6 Å². The molecule has 0 radical (unpaired) electrons. The summed E-state index contributed by atoms with van der Waals surface area (Å²) in [6.07, 6.45) is 1.98. The molecule has 1 amide bonds. The number of methoxy groups -OCH3 is 2. The maximum absolute atomic E-state index is 12.4. The van der Waals surface area contributed by atoms with E-state index in [-0.39, 0.29) is 35.6 Å². The molecular weight excluding hydrogens is 468 g/mol. The van der Waals surface area contributed by atoms with Crippen LogP contribution in [0.2, 0.25) is 0 Å². The fraction of sp³-hybridized carbons (Fsp3) is 0.182. The van der Waals surface area contributed by atoms with E-state index >= 15 is 0 Å². The van der Waals surface area contributed by atoms with Gasteiger partial charge < -0.3 is 19.2 Å². The van der Waals surface area contributed by atoms with Crippen molar-refractivity contribution < 1.29 is 28.3 Å². The van der Waals surface area contributed by atoms with Crippen LogP contribution in [-0.4, -0.2) is 37.0 Å². The Bertz CT molecular complexity index is 1070. The van der Waals surface area contributed by atoms with Crippen molar-refractivity contribution >= 4 is 39.5 Å². The fourth-order valence-electron chi connectivity index (χ4n) is 2.79. The van der Waals surface area contributed by atoms with E-state index < -0.39 is 11.9 Å². The van der Waals surface area contributed by atoms with Crippen molar-refractivity contribution in [3.8, 4) is 11.3 Å². The van der Waals surface area contributed by atoms with Crippen LogP contribution in [0.1, 0.15) is 33.0 Å². The third-order valence-corrected chi connectivity index (χ3v) is 4.84. The normalized spacial score (nSPS) is 10.4. The topological polar surface area (TPSA) is 108 Å². The zero-order valence-electron chi connectivity index (χ0n) is 16.8. The number of carbonyl (C=O) groups excluding carboxylic acids is 3. The number of anilines is 1. The molecule has 0 saturated heterocycles. The lowest BCUT2D eigenvalue weighted by molar-refractivity contribution is -0.116. The smallest absolute Gasteiger partial charge is 0.337 e. The van der Waals surface area contributed by atoms with E-state index in [4.69, 9.17) is 4.42 Å². The number of aromatic nitrogens is 1.